The van der Waals surface area contributed by atoms with E-state index >= 15 is 0 Å². The number of halogens is 1. The molecular weight excluding hydrogens is 475 g/mol. The molecule has 0 unspecified atom stereocenters. The Morgan fingerprint density at radius 1 is 1.08 bits per heavy atom. The van der Waals surface area contributed by atoms with Crippen LogP contribution in [-0.2, 0) is 4.79 Å². The highest BCUT2D eigenvalue weighted by Gasteiger charge is 2.41. The summed E-state index contributed by atoms with van der Waals surface area (Å²) in [4.78, 5) is 26.1. The van der Waals surface area contributed by atoms with Crippen LogP contribution in [0.4, 0.5) is 33.5 Å². The summed E-state index contributed by atoms with van der Waals surface area (Å²) in [5.41, 5.74) is -0.663. The van der Waals surface area contributed by atoms with E-state index in [1.54, 1.807) is 32.0 Å². The Hall–Kier alpha value is -4.39. The number of pyridine rings is 1. The van der Waals surface area contributed by atoms with Crippen LogP contribution in [0.15, 0.2) is 30.5 Å². The van der Waals surface area contributed by atoms with E-state index in [1.165, 1.54) is 27.4 Å². The smallest absolute Gasteiger partial charge is 0.273 e. The average molecular weight is 500 g/mol. The molecule has 0 saturated carbocycles. The number of hydrogen-bond acceptors (Lipinski definition) is 11. The molecule has 1 aromatic carbocycles. The summed E-state index contributed by atoms with van der Waals surface area (Å²) in [6.07, 6.45) is 0.989. The molecule has 0 bridgehead atoms. The van der Waals surface area contributed by atoms with Crippen molar-refractivity contribution in [3.63, 3.8) is 0 Å². The van der Waals surface area contributed by atoms with Gasteiger partial charge in [0.25, 0.3) is 5.91 Å². The van der Waals surface area contributed by atoms with Gasteiger partial charge in [0.2, 0.25) is 11.7 Å². The summed E-state index contributed by atoms with van der Waals surface area (Å²) < 4.78 is 36.2. The summed E-state index contributed by atoms with van der Waals surface area (Å²) >= 11 is 0. The van der Waals surface area contributed by atoms with Gasteiger partial charge < -0.3 is 34.7 Å². The van der Waals surface area contributed by atoms with E-state index in [2.05, 4.69) is 25.6 Å². The maximum Gasteiger partial charge on any atom is 0.273 e. The highest BCUT2D eigenvalue weighted by Crippen LogP contribution is 2.41. The average Bonchev–Trinajstić information content (AvgIpc) is 2.86. The van der Waals surface area contributed by atoms with E-state index in [0.29, 0.717) is 28.7 Å². The number of aliphatic hydroxyl groups is 1. The fraction of sp³-hybridized carbons (Fsp3) is 0.304. The lowest BCUT2D eigenvalue weighted by atomic mass is 10.1. The lowest BCUT2D eigenvalue weighted by Gasteiger charge is -2.36. The van der Waals surface area contributed by atoms with Crippen molar-refractivity contribution in [2.75, 3.05) is 43.6 Å². The van der Waals surface area contributed by atoms with Crippen molar-refractivity contribution >= 4 is 35.0 Å². The second-order valence-electron chi connectivity index (χ2n) is 8.06. The van der Waals surface area contributed by atoms with Gasteiger partial charge in [-0.15, -0.1) is 0 Å². The van der Waals surface area contributed by atoms with Crippen LogP contribution in [0.1, 0.15) is 13.8 Å². The van der Waals surface area contributed by atoms with Crippen LogP contribution in [0, 0.1) is 5.82 Å². The molecule has 3 N–H and O–H groups in total. The number of hydrogen-bond donors (Lipinski definition) is 3. The Kier molecular flexibility index (Phi) is 6.66. The molecule has 0 fully saturated rings. The van der Waals surface area contributed by atoms with Crippen LogP contribution in [0.5, 0.6) is 23.0 Å². The Labute approximate surface area is 206 Å². The first kappa shape index (κ1) is 24.7. The molecule has 0 radical (unpaired) electrons. The first-order chi connectivity index (χ1) is 17.2. The molecule has 0 atom stereocenters. The number of ether oxygens (including phenoxy) is 4. The predicted octanol–water partition coefficient (Wildman–Crippen LogP) is 2.98. The number of aromatic nitrogens is 3. The molecule has 3 heterocycles. The van der Waals surface area contributed by atoms with Gasteiger partial charge in [-0.25, -0.2) is 14.4 Å². The summed E-state index contributed by atoms with van der Waals surface area (Å²) in [7, 11) is 4.47. The van der Waals surface area contributed by atoms with Gasteiger partial charge in [-0.1, -0.05) is 0 Å². The van der Waals surface area contributed by atoms with Gasteiger partial charge in [-0.3, -0.25) is 9.69 Å². The van der Waals surface area contributed by atoms with Gasteiger partial charge in [-0.05, 0) is 26.0 Å². The number of carbonyl (C=O) groups is 1. The van der Waals surface area contributed by atoms with Gasteiger partial charge in [0.1, 0.15) is 12.5 Å². The normalized spacial score (nSPS) is 14.0. The quantitative estimate of drug-likeness (QED) is 0.420. The van der Waals surface area contributed by atoms with E-state index in [1.807, 2.05) is 0 Å². The van der Waals surface area contributed by atoms with E-state index in [-0.39, 0.29) is 23.4 Å². The minimum absolute atomic E-state index is 0.0726. The number of fused-ring (bicyclic) bond motifs is 1. The van der Waals surface area contributed by atoms with E-state index in [4.69, 9.17) is 18.9 Å². The molecular formula is C23H25FN6O6. The van der Waals surface area contributed by atoms with E-state index < -0.39 is 24.1 Å². The van der Waals surface area contributed by atoms with Crippen LogP contribution in [0.3, 0.4) is 0 Å². The van der Waals surface area contributed by atoms with Crippen molar-refractivity contribution in [3.8, 4) is 23.0 Å². The van der Waals surface area contributed by atoms with Gasteiger partial charge in [0.05, 0.1) is 27.5 Å². The number of benzene rings is 1. The largest absolute Gasteiger partial charge is 0.493 e. The van der Waals surface area contributed by atoms with E-state index in [0.717, 1.165) is 11.1 Å². The standard InChI is InChI=1S/C23H25FN6O6/c1-23(2)21(32)30(11-31)20-14(36-23)6-7-17(28-20)27-19-13(24)10-25-22(29-19)26-12-8-15(33-3)18(35-5)16(9-12)34-4/h6-10,31H,11H2,1-5H3,(H2,25,26,27,28,29). The van der Waals surface area contributed by atoms with Crippen LogP contribution in [0.2, 0.25) is 0 Å². The number of amides is 1. The molecule has 1 aliphatic rings. The Morgan fingerprint density at radius 2 is 1.78 bits per heavy atom. The number of nitrogens with one attached hydrogen (secondary N) is 2. The first-order valence-corrected chi connectivity index (χ1v) is 10.7. The Bertz CT molecular complexity index is 1280. The molecule has 0 aliphatic carbocycles. The third-order valence-electron chi connectivity index (χ3n) is 5.27. The SMILES string of the molecule is COc1cc(Nc2ncc(F)c(Nc3ccc4c(n3)N(CO)C(=O)C(C)(C)O4)n2)cc(OC)c1OC. The molecule has 36 heavy (non-hydrogen) atoms. The lowest BCUT2D eigenvalue weighted by Crippen LogP contribution is -2.53. The topological polar surface area (TPSA) is 140 Å². The number of anilines is 5. The molecule has 1 amide bonds. The number of rotatable bonds is 8. The summed E-state index contributed by atoms with van der Waals surface area (Å²) in [6, 6.07) is 6.40. The van der Waals surface area contributed by atoms with Gasteiger partial charge in [-0.2, -0.15) is 4.98 Å². The van der Waals surface area contributed by atoms with Crippen molar-refractivity contribution in [2.45, 2.75) is 19.4 Å². The first-order valence-electron chi connectivity index (χ1n) is 10.7. The number of methoxy groups -OCH3 is 3. The predicted molar refractivity (Wildman–Crippen MR) is 128 cm³/mol. The fourth-order valence-corrected chi connectivity index (χ4v) is 3.57. The Balaban J connectivity index is 1.62. The van der Waals surface area contributed by atoms with Gasteiger partial charge in [0.15, 0.2) is 40.3 Å². The molecule has 4 rings (SSSR count). The Morgan fingerprint density at radius 3 is 2.39 bits per heavy atom. The van der Waals surface area contributed by atoms with Crippen molar-refractivity contribution in [1.29, 1.82) is 0 Å². The number of nitrogens with zero attached hydrogens (tertiary/aromatic N) is 4. The zero-order valence-electron chi connectivity index (χ0n) is 20.2. The third-order valence-corrected chi connectivity index (χ3v) is 5.27. The maximum atomic E-state index is 14.5. The van der Waals surface area contributed by atoms with Crippen molar-refractivity contribution in [3.05, 3.63) is 36.3 Å². The molecule has 0 spiro atoms. The number of carbonyl (C=O) groups excluding carboxylic acids is 1. The summed E-state index contributed by atoms with van der Waals surface area (Å²) in [6.45, 7) is 2.58. The summed E-state index contributed by atoms with van der Waals surface area (Å²) in [5.74, 6) is 0.482. The third kappa shape index (κ3) is 4.60. The molecule has 1 aliphatic heterocycles. The van der Waals surface area contributed by atoms with Crippen LogP contribution in [0.25, 0.3) is 0 Å². The molecule has 12 nitrogen and oxygen atoms in total. The molecule has 190 valence electrons. The number of aliphatic hydroxyl groups excluding tert-OH is 1. The lowest BCUT2D eigenvalue weighted by molar-refractivity contribution is -0.133. The van der Waals surface area contributed by atoms with E-state index in [9.17, 15) is 14.3 Å². The highest BCUT2D eigenvalue weighted by molar-refractivity contribution is 6.01. The molecule has 0 saturated heterocycles. The van der Waals surface area contributed by atoms with Crippen LogP contribution < -0.4 is 34.5 Å². The zero-order chi connectivity index (χ0) is 26.0. The summed E-state index contributed by atoms with van der Waals surface area (Å²) in [5, 5.41) is 15.5. The van der Waals surface area contributed by atoms with Crippen LogP contribution in [-0.4, -0.2) is 59.6 Å². The van der Waals surface area contributed by atoms with Crippen molar-refractivity contribution in [2.24, 2.45) is 0 Å². The molecule has 3 aromatic rings. The fourth-order valence-electron chi connectivity index (χ4n) is 3.57. The van der Waals surface area contributed by atoms with Crippen molar-refractivity contribution in [1.82, 2.24) is 15.0 Å². The van der Waals surface area contributed by atoms with Gasteiger partial charge >= 0.3 is 0 Å². The van der Waals surface area contributed by atoms with Gasteiger partial charge in [0, 0.05) is 17.8 Å². The highest BCUT2D eigenvalue weighted by atomic mass is 19.1. The second kappa shape index (κ2) is 9.70. The monoisotopic (exact) mass is 500 g/mol. The molecule has 2 aromatic heterocycles. The second-order valence-corrected chi connectivity index (χ2v) is 8.06. The van der Waals surface area contributed by atoms with Crippen LogP contribution >= 0.6 is 0 Å². The minimum atomic E-state index is -1.17. The minimum Gasteiger partial charge on any atom is -0.493 e. The zero-order valence-corrected chi connectivity index (χ0v) is 20.2. The van der Waals surface area contributed by atoms with Crippen molar-refractivity contribution < 1.29 is 33.2 Å². The maximum absolute atomic E-state index is 14.5. The molecule has 13 heteroatoms.